The molecule has 0 unspecified atom stereocenters. The third-order valence-electron chi connectivity index (χ3n) is 4.49. The smallest absolute Gasteiger partial charge is 0.417 e. The summed E-state index contributed by atoms with van der Waals surface area (Å²) in [5, 5.41) is 3.04. The molecule has 1 aromatic carbocycles. The van der Waals surface area contributed by atoms with Gasteiger partial charge in [-0.1, -0.05) is 12.1 Å². The van der Waals surface area contributed by atoms with Crippen LogP contribution in [0.2, 0.25) is 0 Å². The summed E-state index contributed by atoms with van der Waals surface area (Å²) >= 11 is 0. The normalized spacial score (nSPS) is 17.3. The second kappa shape index (κ2) is 7.85. The summed E-state index contributed by atoms with van der Waals surface area (Å²) in [5.41, 5.74) is 0.307. The van der Waals surface area contributed by atoms with Crippen molar-refractivity contribution >= 4 is 11.7 Å². The summed E-state index contributed by atoms with van der Waals surface area (Å²) in [4.78, 5) is 17.7. The van der Waals surface area contributed by atoms with Crippen LogP contribution in [0.3, 0.4) is 0 Å². The number of carbonyl (C=O) groups is 1. The van der Waals surface area contributed by atoms with Crippen molar-refractivity contribution < 1.29 is 22.7 Å². The van der Waals surface area contributed by atoms with Gasteiger partial charge in [0.1, 0.15) is 11.6 Å². The van der Waals surface area contributed by atoms with Crippen LogP contribution < -0.4 is 10.1 Å². The van der Waals surface area contributed by atoms with Gasteiger partial charge >= 0.3 is 6.18 Å². The first kappa shape index (κ1) is 19.0. The lowest BCUT2D eigenvalue weighted by molar-refractivity contribution is -0.137. The van der Waals surface area contributed by atoms with Crippen LogP contribution in [0.4, 0.5) is 19.0 Å². The molecule has 1 N–H and O–H groups in total. The van der Waals surface area contributed by atoms with Crippen LogP contribution in [0, 0.1) is 0 Å². The van der Waals surface area contributed by atoms with Gasteiger partial charge in [0, 0.05) is 25.7 Å². The molecule has 2 aromatic rings. The Hall–Kier alpha value is -2.77. The highest BCUT2D eigenvalue weighted by atomic mass is 19.4. The number of aromatic nitrogens is 1. The Kier molecular flexibility index (Phi) is 5.53. The zero-order chi connectivity index (χ0) is 19.4. The minimum absolute atomic E-state index is 0.0212. The van der Waals surface area contributed by atoms with Gasteiger partial charge in [-0.05, 0) is 36.2 Å². The van der Waals surface area contributed by atoms with Crippen LogP contribution >= 0.6 is 0 Å². The summed E-state index contributed by atoms with van der Waals surface area (Å²) in [6.07, 6.45) is -2.60. The second-order valence-corrected chi connectivity index (χ2v) is 6.41. The molecule has 0 bridgehead atoms. The van der Waals surface area contributed by atoms with Crippen LogP contribution in [-0.4, -0.2) is 42.0 Å². The van der Waals surface area contributed by atoms with Crippen molar-refractivity contribution in [2.75, 3.05) is 25.5 Å². The number of nitrogens with one attached hydrogen (secondary N) is 1. The van der Waals surface area contributed by atoms with Crippen molar-refractivity contribution in [3.63, 3.8) is 0 Å². The van der Waals surface area contributed by atoms with Crippen molar-refractivity contribution in [2.24, 2.45) is 0 Å². The lowest BCUT2D eigenvalue weighted by Crippen LogP contribution is -2.30. The van der Waals surface area contributed by atoms with Crippen LogP contribution in [0.15, 0.2) is 42.6 Å². The number of halogens is 3. The van der Waals surface area contributed by atoms with E-state index in [0.29, 0.717) is 25.3 Å². The minimum atomic E-state index is -4.41. The van der Waals surface area contributed by atoms with Crippen molar-refractivity contribution in [1.82, 2.24) is 9.88 Å². The zero-order valence-corrected chi connectivity index (χ0v) is 14.8. The van der Waals surface area contributed by atoms with Gasteiger partial charge < -0.3 is 15.0 Å². The van der Waals surface area contributed by atoms with E-state index < -0.39 is 11.7 Å². The first-order chi connectivity index (χ1) is 12.8. The third kappa shape index (κ3) is 4.90. The summed E-state index contributed by atoms with van der Waals surface area (Å²) in [5.74, 6) is 1.13. The molecule has 3 rings (SSSR count). The van der Waals surface area contributed by atoms with Crippen LogP contribution in [0.25, 0.3) is 0 Å². The maximum absolute atomic E-state index is 12.6. The standard InChI is InChI=1S/C19H20F3N3O2/c1-27-16-5-2-13(3-6-16)8-9-25-12-15(10-18(25)26)24-17-7-4-14(11-23-17)19(20,21)22/h2-7,11,15H,8-10,12H2,1H3,(H,23,24)/t15-/m1/s1. The van der Waals surface area contributed by atoms with Gasteiger partial charge in [0.15, 0.2) is 0 Å². The van der Waals surface area contributed by atoms with Crippen molar-refractivity contribution in [2.45, 2.75) is 25.1 Å². The van der Waals surface area contributed by atoms with E-state index >= 15 is 0 Å². The SMILES string of the molecule is COc1ccc(CCN2C[C@H](Nc3ccc(C(F)(F)F)cn3)CC2=O)cc1. The third-order valence-corrected chi connectivity index (χ3v) is 4.49. The van der Waals surface area contributed by atoms with Crippen LogP contribution in [0.1, 0.15) is 17.5 Å². The monoisotopic (exact) mass is 379 g/mol. The first-order valence-corrected chi connectivity index (χ1v) is 8.55. The molecule has 1 aliphatic rings. The lowest BCUT2D eigenvalue weighted by atomic mass is 10.1. The van der Waals surface area contributed by atoms with E-state index in [1.807, 2.05) is 24.3 Å². The molecule has 1 amide bonds. The fourth-order valence-corrected chi connectivity index (χ4v) is 3.00. The number of anilines is 1. The second-order valence-electron chi connectivity index (χ2n) is 6.41. The number of nitrogens with zero attached hydrogens (tertiary/aromatic N) is 2. The largest absolute Gasteiger partial charge is 0.497 e. The number of carbonyl (C=O) groups excluding carboxylic acids is 1. The number of hydrogen-bond donors (Lipinski definition) is 1. The molecule has 1 atom stereocenters. The Balaban J connectivity index is 1.52. The van der Waals surface area contributed by atoms with Gasteiger partial charge in [-0.2, -0.15) is 13.2 Å². The Morgan fingerprint density at radius 3 is 2.56 bits per heavy atom. The fraction of sp³-hybridized carbons (Fsp3) is 0.368. The molecule has 1 fully saturated rings. The van der Waals surface area contributed by atoms with E-state index in [-0.39, 0.29) is 11.9 Å². The molecule has 8 heteroatoms. The highest BCUT2D eigenvalue weighted by molar-refractivity contribution is 5.80. The number of benzene rings is 1. The molecule has 0 radical (unpaired) electrons. The molecule has 1 aliphatic heterocycles. The zero-order valence-electron chi connectivity index (χ0n) is 14.8. The van der Waals surface area contributed by atoms with Crippen LogP contribution in [0.5, 0.6) is 5.75 Å². The van der Waals surface area contributed by atoms with Crippen molar-refractivity contribution in [3.8, 4) is 5.75 Å². The van der Waals surface area contributed by atoms with Crippen molar-refractivity contribution in [1.29, 1.82) is 0 Å². The van der Waals surface area contributed by atoms with Crippen LogP contribution in [-0.2, 0) is 17.4 Å². The van der Waals surface area contributed by atoms with E-state index in [0.717, 1.165) is 30.0 Å². The molecule has 0 aliphatic carbocycles. The summed E-state index contributed by atoms with van der Waals surface area (Å²) in [7, 11) is 1.61. The number of likely N-dealkylation sites (tertiary alicyclic amines) is 1. The first-order valence-electron chi connectivity index (χ1n) is 8.55. The van der Waals surface area contributed by atoms with Gasteiger partial charge in [-0.3, -0.25) is 4.79 Å². The highest BCUT2D eigenvalue weighted by Gasteiger charge is 2.32. The molecule has 27 heavy (non-hydrogen) atoms. The maximum atomic E-state index is 12.6. The topological polar surface area (TPSA) is 54.5 Å². The predicted octanol–water partition coefficient (Wildman–Crippen LogP) is 3.36. The summed E-state index contributed by atoms with van der Waals surface area (Å²) in [6, 6.07) is 9.77. The Morgan fingerprint density at radius 2 is 1.96 bits per heavy atom. The van der Waals surface area contributed by atoms with Gasteiger partial charge in [0.2, 0.25) is 5.91 Å². The van der Waals surface area contributed by atoms with Crippen molar-refractivity contribution in [3.05, 3.63) is 53.7 Å². The van der Waals surface area contributed by atoms with Gasteiger partial charge in [0.25, 0.3) is 0 Å². The number of ether oxygens (including phenoxy) is 1. The molecule has 144 valence electrons. The van der Waals surface area contributed by atoms with E-state index in [1.54, 1.807) is 12.0 Å². The fourth-order valence-electron chi connectivity index (χ4n) is 3.00. The molecule has 2 heterocycles. The quantitative estimate of drug-likeness (QED) is 0.836. The lowest BCUT2D eigenvalue weighted by Gasteiger charge is -2.17. The van der Waals surface area contributed by atoms with E-state index in [9.17, 15) is 18.0 Å². The summed E-state index contributed by atoms with van der Waals surface area (Å²) in [6.45, 7) is 1.08. The average molecular weight is 379 g/mol. The molecule has 5 nitrogen and oxygen atoms in total. The molecule has 1 aromatic heterocycles. The Labute approximate surface area is 155 Å². The maximum Gasteiger partial charge on any atom is 0.417 e. The number of pyridine rings is 1. The number of alkyl halides is 3. The number of methoxy groups -OCH3 is 1. The van der Waals surface area contributed by atoms with E-state index in [2.05, 4.69) is 10.3 Å². The molecule has 0 spiro atoms. The highest BCUT2D eigenvalue weighted by Crippen LogP contribution is 2.29. The molecular formula is C19H20F3N3O2. The van der Waals surface area contributed by atoms with Gasteiger partial charge in [-0.15, -0.1) is 0 Å². The molecule has 0 saturated carbocycles. The van der Waals surface area contributed by atoms with E-state index in [1.165, 1.54) is 6.07 Å². The predicted molar refractivity (Wildman–Crippen MR) is 94.5 cm³/mol. The van der Waals surface area contributed by atoms with Gasteiger partial charge in [-0.25, -0.2) is 4.98 Å². The Bertz CT molecular complexity index is 776. The minimum Gasteiger partial charge on any atom is -0.497 e. The molecular weight excluding hydrogens is 359 g/mol. The average Bonchev–Trinajstić information content (AvgIpc) is 2.99. The molecule has 1 saturated heterocycles. The van der Waals surface area contributed by atoms with E-state index in [4.69, 9.17) is 4.74 Å². The van der Waals surface area contributed by atoms with Gasteiger partial charge in [0.05, 0.1) is 18.7 Å². The number of rotatable bonds is 6. The number of amides is 1. The number of hydrogen-bond acceptors (Lipinski definition) is 4. The Morgan fingerprint density at radius 1 is 1.22 bits per heavy atom. The summed E-state index contributed by atoms with van der Waals surface area (Å²) < 4.78 is 42.8.